The zero-order valence-corrected chi connectivity index (χ0v) is 17.7. The molecule has 8 nitrogen and oxygen atoms in total. The molecule has 1 N–H and O–H groups in total. The van der Waals surface area contributed by atoms with E-state index in [1.165, 1.54) is 13.1 Å². The minimum atomic E-state index is -4.38. The first-order valence-corrected chi connectivity index (χ1v) is 10.7. The van der Waals surface area contributed by atoms with Crippen molar-refractivity contribution in [1.82, 2.24) is 9.79 Å². The molecule has 2 aromatic rings. The molecule has 1 aliphatic carbocycles. The predicted octanol–water partition coefficient (Wildman–Crippen LogP) is 2.56. The van der Waals surface area contributed by atoms with Gasteiger partial charge in [0.15, 0.2) is 6.29 Å². The number of fused-ring (bicyclic) bond motifs is 1. The Bertz CT molecular complexity index is 1160. The van der Waals surface area contributed by atoms with Crippen molar-refractivity contribution in [3.8, 4) is 0 Å². The number of carbonyl (C=O) groups is 3. The lowest BCUT2D eigenvalue weighted by Gasteiger charge is -2.20. The van der Waals surface area contributed by atoms with Crippen molar-refractivity contribution < 1.29 is 27.1 Å². The molecule has 1 atom stereocenters. The lowest BCUT2D eigenvalue weighted by atomic mass is 9.99. The van der Waals surface area contributed by atoms with Crippen molar-refractivity contribution in [1.29, 1.82) is 0 Å². The van der Waals surface area contributed by atoms with Gasteiger partial charge in [-0.05, 0) is 30.9 Å². The van der Waals surface area contributed by atoms with Gasteiger partial charge in [-0.3, -0.25) is 14.4 Å². The normalized spacial score (nSPS) is 16.7. The van der Waals surface area contributed by atoms with Gasteiger partial charge in [0.05, 0.1) is 11.6 Å². The molecule has 158 valence electrons. The summed E-state index contributed by atoms with van der Waals surface area (Å²) in [5.74, 6) is -0.800. The molecule has 0 spiro atoms. The molecule has 1 aliphatic rings. The molecule has 1 amide bonds. The van der Waals surface area contributed by atoms with Crippen LogP contribution in [0.2, 0.25) is 0 Å². The van der Waals surface area contributed by atoms with E-state index in [0.29, 0.717) is 33.3 Å². The third-order valence-electron chi connectivity index (χ3n) is 4.96. The summed E-state index contributed by atoms with van der Waals surface area (Å²) >= 11 is 0. The molecule has 0 saturated heterocycles. The minimum absolute atomic E-state index is 0.0345. The third kappa shape index (κ3) is 4.48. The molecule has 0 bridgehead atoms. The average molecular weight is 430 g/mol. The summed E-state index contributed by atoms with van der Waals surface area (Å²) in [5.41, 5.74) is 2.00. The summed E-state index contributed by atoms with van der Waals surface area (Å²) in [6.07, 6.45) is 0.859. The number of Topliss-reactive ketones (excluding diaryl/α,β-unsaturated/α-hetero) is 1. The maximum absolute atomic E-state index is 12.9. The van der Waals surface area contributed by atoms with Crippen LogP contribution in [0.4, 0.5) is 0 Å². The van der Waals surface area contributed by atoms with Crippen LogP contribution >= 0.6 is 0 Å². The van der Waals surface area contributed by atoms with Gasteiger partial charge in [0, 0.05) is 30.8 Å². The zero-order chi connectivity index (χ0) is 22.1. The molecule has 0 aromatic heterocycles. The fourth-order valence-corrected chi connectivity index (χ4v) is 4.57. The summed E-state index contributed by atoms with van der Waals surface area (Å²) in [7, 11) is -3.20. The lowest BCUT2D eigenvalue weighted by Crippen LogP contribution is -2.40. The highest BCUT2D eigenvalue weighted by molar-refractivity contribution is 7.84. The quantitative estimate of drug-likeness (QED) is 0.428. The van der Waals surface area contributed by atoms with Crippen molar-refractivity contribution in [3.63, 3.8) is 0 Å². The summed E-state index contributed by atoms with van der Waals surface area (Å²) in [6.45, 7) is 3.60. The van der Waals surface area contributed by atoms with E-state index < -0.39 is 22.3 Å². The molecule has 0 heterocycles. The van der Waals surface area contributed by atoms with E-state index >= 15 is 0 Å². The largest absolute Gasteiger partial charge is 0.357 e. The second-order valence-electron chi connectivity index (χ2n) is 7.32. The summed E-state index contributed by atoms with van der Waals surface area (Å²) in [6, 6.07) is 9.19. The fraction of sp³-hybridized carbons (Fsp3) is 0.286. The number of nitrogens with one attached hydrogen (secondary N) is 1. The Balaban J connectivity index is 1.84. The molecule has 1 fully saturated rings. The van der Waals surface area contributed by atoms with Crippen LogP contribution in [0.15, 0.2) is 47.5 Å². The number of carbonyl (C=O) groups excluding carboxylic acids is 3. The Morgan fingerprint density at radius 1 is 1.20 bits per heavy atom. The Hall–Kier alpha value is -2.88. The van der Waals surface area contributed by atoms with Gasteiger partial charge in [0.25, 0.3) is 5.91 Å². The van der Waals surface area contributed by atoms with E-state index in [2.05, 4.69) is 4.72 Å². The van der Waals surface area contributed by atoms with Crippen molar-refractivity contribution in [2.24, 2.45) is 0 Å². The topological polar surface area (TPSA) is 110 Å². The van der Waals surface area contributed by atoms with Gasteiger partial charge < -0.3 is 0 Å². The van der Waals surface area contributed by atoms with Crippen LogP contribution < -0.4 is 4.72 Å². The predicted molar refractivity (Wildman–Crippen MR) is 111 cm³/mol. The van der Waals surface area contributed by atoms with E-state index in [9.17, 15) is 22.8 Å². The second kappa shape index (κ2) is 8.47. The Kier molecular flexibility index (Phi) is 6.16. The van der Waals surface area contributed by atoms with Crippen LogP contribution in [0.3, 0.4) is 0 Å². The summed E-state index contributed by atoms with van der Waals surface area (Å²) < 4.78 is 32.2. The summed E-state index contributed by atoms with van der Waals surface area (Å²) in [4.78, 5) is 36.1. The first kappa shape index (κ1) is 21.8. The molecular weight excluding hydrogens is 408 g/mol. The van der Waals surface area contributed by atoms with Crippen molar-refractivity contribution in [2.45, 2.75) is 32.7 Å². The zero-order valence-electron chi connectivity index (χ0n) is 16.8. The monoisotopic (exact) mass is 430 g/mol. The molecule has 1 unspecified atom stereocenters. The number of nitrogens with zero attached hydrogens (tertiary/aromatic N) is 1. The standard InChI is InChI=1S/C21H22N2O6S/c1-13(2)18-10-16(25)11-19(18)22-30(27,28)29-23(3)21(26)17-9-5-7-14-6-4-8-15(12-24)20(14)17/h4-9,12,19,22H,10-11H2,1-3H3. The Morgan fingerprint density at radius 3 is 2.50 bits per heavy atom. The van der Waals surface area contributed by atoms with Crippen LogP contribution in [0.1, 0.15) is 47.4 Å². The Morgan fingerprint density at radius 2 is 1.87 bits per heavy atom. The fourth-order valence-electron chi connectivity index (χ4n) is 3.59. The molecule has 1 saturated carbocycles. The third-order valence-corrected chi connectivity index (χ3v) is 5.95. The van der Waals surface area contributed by atoms with Gasteiger partial charge in [-0.1, -0.05) is 35.9 Å². The number of hydrogen-bond donors (Lipinski definition) is 1. The molecule has 3 rings (SSSR count). The van der Waals surface area contributed by atoms with Gasteiger partial charge >= 0.3 is 10.3 Å². The molecule has 0 aliphatic heterocycles. The first-order chi connectivity index (χ1) is 14.1. The van der Waals surface area contributed by atoms with Gasteiger partial charge in [-0.15, -0.1) is 4.28 Å². The van der Waals surface area contributed by atoms with Gasteiger partial charge in [0.1, 0.15) is 5.78 Å². The molecule has 9 heteroatoms. The highest BCUT2D eigenvalue weighted by Crippen LogP contribution is 2.26. The van der Waals surface area contributed by atoms with E-state index in [0.717, 1.165) is 5.57 Å². The summed E-state index contributed by atoms with van der Waals surface area (Å²) in [5, 5.41) is 1.67. The first-order valence-electron chi connectivity index (χ1n) is 9.27. The molecule has 30 heavy (non-hydrogen) atoms. The smallest absolute Gasteiger partial charge is 0.299 e. The number of benzene rings is 2. The number of allylic oxidation sites excluding steroid dienone is 1. The van der Waals surface area contributed by atoms with Crippen LogP contribution in [0, 0.1) is 0 Å². The lowest BCUT2D eigenvalue weighted by molar-refractivity contribution is -0.117. The maximum atomic E-state index is 12.9. The maximum Gasteiger partial charge on any atom is 0.357 e. The number of aldehydes is 1. The van der Waals surface area contributed by atoms with Crippen LogP contribution in [0.5, 0.6) is 0 Å². The van der Waals surface area contributed by atoms with Gasteiger partial charge in [-0.2, -0.15) is 13.1 Å². The highest BCUT2D eigenvalue weighted by atomic mass is 32.2. The van der Waals surface area contributed by atoms with Crippen molar-refractivity contribution >= 4 is 39.1 Å². The van der Waals surface area contributed by atoms with E-state index in [1.54, 1.807) is 44.2 Å². The number of amides is 1. The molecule has 0 radical (unpaired) electrons. The van der Waals surface area contributed by atoms with Crippen molar-refractivity contribution in [3.05, 3.63) is 58.7 Å². The van der Waals surface area contributed by atoms with E-state index in [1.807, 2.05) is 0 Å². The van der Waals surface area contributed by atoms with Crippen LogP contribution in [-0.4, -0.2) is 44.5 Å². The van der Waals surface area contributed by atoms with E-state index in [-0.39, 0.29) is 24.2 Å². The van der Waals surface area contributed by atoms with Gasteiger partial charge in [-0.25, -0.2) is 5.06 Å². The molecule has 2 aromatic carbocycles. The second-order valence-corrected chi connectivity index (χ2v) is 8.61. The number of ketones is 1. The minimum Gasteiger partial charge on any atom is -0.299 e. The van der Waals surface area contributed by atoms with E-state index in [4.69, 9.17) is 4.28 Å². The number of rotatable bonds is 6. The van der Waals surface area contributed by atoms with Crippen LogP contribution in [-0.2, 0) is 19.4 Å². The average Bonchev–Trinajstić information content (AvgIpc) is 3.05. The Labute approximate surface area is 174 Å². The SMILES string of the molecule is CC(C)=C1CC(=O)CC1NS(=O)(=O)ON(C)C(=O)c1cccc2cccc(C=O)c12. The van der Waals surface area contributed by atoms with Crippen LogP contribution in [0.25, 0.3) is 10.8 Å². The van der Waals surface area contributed by atoms with Gasteiger partial charge in [0.2, 0.25) is 0 Å². The highest BCUT2D eigenvalue weighted by Gasteiger charge is 2.33. The number of hydrogen-bond acceptors (Lipinski definition) is 6. The van der Waals surface area contributed by atoms with Crippen molar-refractivity contribution in [2.75, 3.05) is 7.05 Å². The number of hydroxylamine groups is 2. The molecular formula is C21H22N2O6S.